The van der Waals surface area contributed by atoms with Crippen LogP contribution in [0.25, 0.3) is 15.9 Å². The molecular weight excluding hydrogens is 446 g/mol. The lowest BCUT2D eigenvalue weighted by molar-refractivity contribution is 0.0706. The lowest BCUT2D eigenvalue weighted by Crippen LogP contribution is -2.38. The Morgan fingerprint density at radius 3 is 2.78 bits per heavy atom. The highest BCUT2D eigenvalue weighted by Crippen LogP contribution is 2.35. The number of piperidine rings is 1. The predicted octanol–water partition coefficient (Wildman–Crippen LogP) is 4.87. The van der Waals surface area contributed by atoms with Crippen molar-refractivity contribution in [3.8, 4) is 11.4 Å². The van der Waals surface area contributed by atoms with Gasteiger partial charge in [0.25, 0.3) is 5.91 Å². The monoisotopic (exact) mass is 467 g/mol. The van der Waals surface area contributed by atoms with E-state index in [9.17, 15) is 4.79 Å². The van der Waals surface area contributed by atoms with Gasteiger partial charge in [-0.3, -0.25) is 4.79 Å². The van der Waals surface area contributed by atoms with Crippen molar-refractivity contribution >= 4 is 39.1 Å². The van der Waals surface area contributed by atoms with Gasteiger partial charge in [0, 0.05) is 30.1 Å². The van der Waals surface area contributed by atoms with Crippen LogP contribution in [0, 0.1) is 6.92 Å². The van der Waals surface area contributed by atoms with E-state index in [1.165, 1.54) is 0 Å². The quantitative estimate of drug-likeness (QED) is 0.428. The van der Waals surface area contributed by atoms with Crippen molar-refractivity contribution in [3.63, 3.8) is 0 Å². The second-order valence-electron chi connectivity index (χ2n) is 7.87. The summed E-state index contributed by atoms with van der Waals surface area (Å²) in [6.07, 6.45) is 1.75. The average molecular weight is 468 g/mol. The van der Waals surface area contributed by atoms with Crippen LogP contribution in [0.5, 0.6) is 5.75 Å². The van der Waals surface area contributed by atoms with Gasteiger partial charge < -0.3 is 9.64 Å². The minimum Gasteiger partial charge on any atom is -0.497 e. The van der Waals surface area contributed by atoms with Crippen LogP contribution in [-0.4, -0.2) is 51.0 Å². The minimum atomic E-state index is -0.0776. The van der Waals surface area contributed by atoms with Gasteiger partial charge in [0.15, 0.2) is 5.69 Å². The molecule has 0 N–H and O–H groups in total. The fourth-order valence-electron chi connectivity index (χ4n) is 4.09. The molecule has 1 aliphatic rings. The molecule has 4 aromatic rings. The number of rotatable bonds is 4. The zero-order valence-corrected chi connectivity index (χ0v) is 19.4. The summed E-state index contributed by atoms with van der Waals surface area (Å²) in [7, 11) is 1.62. The number of hydrogen-bond acceptors (Lipinski definition) is 6. The summed E-state index contributed by atoms with van der Waals surface area (Å²) in [6, 6.07) is 13.4. The number of nitrogens with zero attached hydrogens (tertiary/aromatic N) is 5. The molecule has 0 saturated carbocycles. The van der Waals surface area contributed by atoms with Crippen LogP contribution in [0.2, 0.25) is 5.02 Å². The van der Waals surface area contributed by atoms with Gasteiger partial charge in [0.1, 0.15) is 5.75 Å². The highest BCUT2D eigenvalue weighted by atomic mass is 35.5. The highest BCUT2D eigenvalue weighted by molar-refractivity contribution is 7.18. The van der Waals surface area contributed by atoms with Crippen LogP contribution in [0.3, 0.4) is 0 Å². The number of thiazole rings is 1. The highest BCUT2D eigenvalue weighted by Gasteiger charge is 2.29. The van der Waals surface area contributed by atoms with Gasteiger partial charge in [-0.05, 0) is 50.1 Å². The Bertz CT molecular complexity index is 1290. The summed E-state index contributed by atoms with van der Waals surface area (Å²) in [6.45, 7) is 3.21. The molecule has 0 aliphatic carbocycles. The van der Waals surface area contributed by atoms with Gasteiger partial charge in [-0.25, -0.2) is 9.67 Å². The number of carbonyl (C=O) groups is 1. The van der Waals surface area contributed by atoms with Gasteiger partial charge >= 0.3 is 0 Å². The summed E-state index contributed by atoms with van der Waals surface area (Å²) in [5.74, 6) is 0.999. The number of methoxy groups -OCH3 is 1. The minimum absolute atomic E-state index is 0.0776. The van der Waals surface area contributed by atoms with E-state index in [0.29, 0.717) is 35.4 Å². The molecule has 1 fully saturated rings. The maximum Gasteiger partial charge on any atom is 0.276 e. The molecule has 3 heterocycles. The molecule has 0 spiro atoms. The van der Waals surface area contributed by atoms with Crippen LogP contribution in [-0.2, 0) is 0 Å². The average Bonchev–Trinajstić information content (AvgIpc) is 3.42. The topological polar surface area (TPSA) is 73.1 Å². The molecule has 32 heavy (non-hydrogen) atoms. The molecule has 5 rings (SSSR count). The molecule has 1 aliphatic heterocycles. The fraction of sp³-hybridized carbons (Fsp3) is 0.304. The van der Waals surface area contributed by atoms with Crippen LogP contribution in [0.15, 0.2) is 42.5 Å². The summed E-state index contributed by atoms with van der Waals surface area (Å²) in [5.41, 5.74) is 2.86. The van der Waals surface area contributed by atoms with E-state index in [-0.39, 0.29) is 5.91 Å². The Morgan fingerprint density at radius 1 is 1.19 bits per heavy atom. The van der Waals surface area contributed by atoms with Crippen LogP contribution in [0.4, 0.5) is 0 Å². The predicted molar refractivity (Wildman–Crippen MR) is 125 cm³/mol. The number of aromatic nitrogens is 4. The number of carbonyl (C=O) groups excluding carboxylic acids is 1. The third kappa shape index (κ3) is 3.84. The van der Waals surface area contributed by atoms with E-state index in [1.807, 2.05) is 54.3 Å². The molecule has 1 saturated heterocycles. The number of benzene rings is 2. The Labute approximate surface area is 194 Å². The third-order valence-electron chi connectivity index (χ3n) is 5.89. The molecule has 2 aromatic carbocycles. The van der Waals surface area contributed by atoms with E-state index in [1.54, 1.807) is 23.1 Å². The van der Waals surface area contributed by atoms with E-state index in [4.69, 9.17) is 21.3 Å². The van der Waals surface area contributed by atoms with Gasteiger partial charge in [0.2, 0.25) is 0 Å². The normalized spacial score (nSPS) is 14.8. The maximum absolute atomic E-state index is 13.2. The SMILES string of the molecule is COc1cccc(-n2nnc(C(=O)N3CCC(c4nc5cc(Cl)ccc5s4)CC3)c2C)c1. The second-order valence-corrected chi connectivity index (χ2v) is 9.37. The van der Waals surface area contributed by atoms with Crippen molar-refractivity contribution in [2.45, 2.75) is 25.7 Å². The van der Waals surface area contributed by atoms with E-state index in [0.717, 1.165) is 39.5 Å². The maximum atomic E-state index is 13.2. The van der Waals surface area contributed by atoms with E-state index >= 15 is 0 Å². The summed E-state index contributed by atoms with van der Waals surface area (Å²) < 4.78 is 8.11. The first kappa shape index (κ1) is 20.9. The first-order valence-corrected chi connectivity index (χ1v) is 11.6. The molecule has 9 heteroatoms. The van der Waals surface area contributed by atoms with E-state index in [2.05, 4.69) is 10.3 Å². The molecular formula is C23H22ClN5O2S. The zero-order valence-electron chi connectivity index (χ0n) is 17.8. The third-order valence-corrected chi connectivity index (χ3v) is 7.33. The lowest BCUT2D eigenvalue weighted by Gasteiger charge is -2.30. The van der Waals surface area contributed by atoms with Gasteiger partial charge in [-0.2, -0.15) is 0 Å². The first-order chi connectivity index (χ1) is 15.5. The van der Waals surface area contributed by atoms with Gasteiger partial charge in [-0.15, -0.1) is 16.4 Å². The molecule has 2 aromatic heterocycles. The Balaban J connectivity index is 1.29. The van der Waals surface area contributed by atoms with Crippen molar-refractivity contribution in [1.29, 1.82) is 0 Å². The Hall–Kier alpha value is -2.97. The molecule has 7 nitrogen and oxygen atoms in total. The van der Waals surface area contributed by atoms with Crippen LogP contribution >= 0.6 is 22.9 Å². The Morgan fingerprint density at radius 2 is 2.00 bits per heavy atom. The van der Waals surface area contributed by atoms with Crippen molar-refractivity contribution < 1.29 is 9.53 Å². The van der Waals surface area contributed by atoms with Crippen molar-refractivity contribution in [3.05, 3.63) is 63.9 Å². The summed E-state index contributed by atoms with van der Waals surface area (Å²) in [4.78, 5) is 19.8. The molecule has 164 valence electrons. The van der Waals surface area contributed by atoms with Crippen LogP contribution < -0.4 is 4.74 Å². The molecule has 0 bridgehead atoms. The van der Waals surface area contributed by atoms with Crippen molar-refractivity contribution in [1.82, 2.24) is 24.9 Å². The number of halogens is 1. The number of fused-ring (bicyclic) bond motifs is 1. The number of hydrogen-bond donors (Lipinski definition) is 0. The molecule has 0 radical (unpaired) electrons. The molecule has 0 unspecified atom stereocenters. The zero-order chi connectivity index (χ0) is 22.2. The van der Waals surface area contributed by atoms with E-state index < -0.39 is 0 Å². The van der Waals surface area contributed by atoms with Gasteiger partial charge in [-0.1, -0.05) is 22.9 Å². The molecule has 0 atom stereocenters. The smallest absolute Gasteiger partial charge is 0.276 e. The fourth-order valence-corrected chi connectivity index (χ4v) is 5.37. The second kappa shape index (κ2) is 8.52. The first-order valence-electron chi connectivity index (χ1n) is 10.5. The van der Waals surface area contributed by atoms with Crippen molar-refractivity contribution in [2.24, 2.45) is 0 Å². The number of amides is 1. The standard InChI is InChI=1S/C23H22ClN5O2S/c1-14-21(26-27-29(14)17-4-3-5-18(13-17)31-2)23(30)28-10-8-15(9-11-28)22-25-19-12-16(24)6-7-20(19)32-22/h3-7,12-13,15H,8-11H2,1-2H3. The largest absolute Gasteiger partial charge is 0.497 e. The van der Waals surface area contributed by atoms with Gasteiger partial charge in [0.05, 0.1) is 33.7 Å². The van der Waals surface area contributed by atoms with Crippen molar-refractivity contribution in [2.75, 3.05) is 20.2 Å². The van der Waals surface area contributed by atoms with Crippen LogP contribution in [0.1, 0.15) is 39.9 Å². The lowest BCUT2D eigenvalue weighted by atomic mass is 9.97. The summed E-state index contributed by atoms with van der Waals surface area (Å²) in [5, 5.41) is 10.2. The molecule has 1 amide bonds. The number of likely N-dealkylation sites (tertiary alicyclic amines) is 1. The Kier molecular flexibility index (Phi) is 5.57. The summed E-state index contributed by atoms with van der Waals surface area (Å²) >= 11 is 7.81. The number of ether oxygens (including phenoxy) is 1.